The van der Waals surface area contributed by atoms with Crippen LogP contribution in [0.25, 0.3) is 32.7 Å². The lowest BCUT2D eigenvalue weighted by Crippen LogP contribution is -2.61. The van der Waals surface area contributed by atoms with Gasteiger partial charge in [-0.25, -0.2) is 4.39 Å². The number of furan rings is 1. The van der Waals surface area contributed by atoms with E-state index in [1.807, 2.05) is 12.1 Å². The van der Waals surface area contributed by atoms with Crippen molar-refractivity contribution in [2.45, 2.75) is 59.3 Å². The predicted molar refractivity (Wildman–Crippen MR) is 227 cm³/mol. The Bertz CT molecular complexity index is 2860. The quantitative estimate of drug-likeness (QED) is 0.167. The van der Waals surface area contributed by atoms with Crippen LogP contribution < -0.4 is 26.2 Å². The Kier molecular flexibility index (Phi) is 6.90. The van der Waals surface area contributed by atoms with Gasteiger partial charge in [-0.2, -0.15) is 0 Å². The van der Waals surface area contributed by atoms with Crippen LogP contribution in [0.2, 0.25) is 0 Å². The van der Waals surface area contributed by atoms with E-state index in [1.165, 1.54) is 32.7 Å². The van der Waals surface area contributed by atoms with Crippen LogP contribution in [0.4, 0.5) is 38.5 Å². The first-order valence-electron chi connectivity index (χ1n) is 19.0. The number of hydrogen-bond acceptors (Lipinski definition) is 3. The molecule has 0 spiro atoms. The number of hydrogen-bond donors (Lipinski definition) is 0. The first-order chi connectivity index (χ1) is 25.9. The first-order valence-corrected chi connectivity index (χ1v) is 19.0. The molecule has 3 heterocycles. The van der Waals surface area contributed by atoms with Gasteiger partial charge in [-0.1, -0.05) is 120 Å². The number of para-hydroxylation sites is 2. The molecular formula is C49H42BFN2O. The molecule has 0 aliphatic carbocycles. The number of halogens is 1. The van der Waals surface area contributed by atoms with E-state index in [4.69, 9.17) is 4.42 Å². The molecule has 0 saturated carbocycles. The molecule has 264 valence electrons. The highest BCUT2D eigenvalue weighted by Crippen LogP contribution is 2.50. The monoisotopic (exact) mass is 704 g/mol. The van der Waals surface area contributed by atoms with Gasteiger partial charge < -0.3 is 14.2 Å². The molecule has 2 aliphatic heterocycles. The van der Waals surface area contributed by atoms with Crippen molar-refractivity contribution in [3.05, 3.63) is 150 Å². The fourth-order valence-electron chi connectivity index (χ4n) is 9.23. The van der Waals surface area contributed by atoms with Crippen LogP contribution in [0.1, 0.15) is 58.2 Å². The van der Waals surface area contributed by atoms with Crippen molar-refractivity contribution in [3.8, 4) is 0 Å². The topological polar surface area (TPSA) is 19.6 Å². The lowest BCUT2D eigenvalue weighted by molar-refractivity contribution is 0.573. The van der Waals surface area contributed by atoms with Crippen molar-refractivity contribution < 1.29 is 8.81 Å². The van der Waals surface area contributed by atoms with Gasteiger partial charge in [0.2, 0.25) is 0 Å². The zero-order chi connectivity index (χ0) is 37.3. The highest BCUT2D eigenvalue weighted by Gasteiger charge is 2.45. The maximum absolute atomic E-state index is 15.3. The number of nitrogens with zero attached hydrogens (tertiary/aromatic N) is 2. The van der Waals surface area contributed by atoms with Gasteiger partial charge in [0.15, 0.2) is 0 Å². The largest absolute Gasteiger partial charge is 0.456 e. The van der Waals surface area contributed by atoms with Crippen LogP contribution in [-0.4, -0.2) is 6.71 Å². The van der Waals surface area contributed by atoms with Crippen molar-refractivity contribution in [3.63, 3.8) is 0 Å². The Morgan fingerprint density at radius 3 is 1.96 bits per heavy atom. The number of fused-ring (bicyclic) bond motifs is 9. The third-order valence-corrected chi connectivity index (χ3v) is 11.6. The Morgan fingerprint density at radius 2 is 1.19 bits per heavy atom. The second-order valence-electron chi connectivity index (χ2n) is 17.2. The molecule has 54 heavy (non-hydrogen) atoms. The smallest absolute Gasteiger partial charge is 0.252 e. The van der Waals surface area contributed by atoms with Crippen molar-refractivity contribution in [1.82, 2.24) is 0 Å². The minimum atomic E-state index is -0.318. The van der Waals surface area contributed by atoms with E-state index in [9.17, 15) is 0 Å². The highest BCUT2D eigenvalue weighted by atomic mass is 19.1. The zero-order valence-corrected chi connectivity index (χ0v) is 31.9. The SMILES string of the molecule is Cc1cc2c3c(c1)N(c1ccc(F)cc1C(C)(C)C)c1c(ccc4ccccc14)B3c1cc3c(cc1N2c1ccccc1C(C)(C)C)oc1ccccc13. The molecule has 3 nitrogen and oxygen atoms in total. The van der Waals surface area contributed by atoms with E-state index in [0.717, 1.165) is 67.2 Å². The zero-order valence-electron chi connectivity index (χ0n) is 31.9. The normalized spacial score (nSPS) is 13.8. The summed E-state index contributed by atoms with van der Waals surface area (Å²) in [5, 5.41) is 4.57. The lowest BCUT2D eigenvalue weighted by atomic mass is 9.33. The molecule has 1 aromatic heterocycles. The van der Waals surface area contributed by atoms with E-state index < -0.39 is 0 Å². The van der Waals surface area contributed by atoms with E-state index in [2.05, 4.69) is 161 Å². The lowest BCUT2D eigenvalue weighted by Gasteiger charge is -2.46. The molecule has 7 aromatic carbocycles. The molecule has 2 aliphatic rings. The van der Waals surface area contributed by atoms with Gasteiger partial charge in [-0.05, 0) is 98.7 Å². The number of rotatable bonds is 2. The van der Waals surface area contributed by atoms with Crippen molar-refractivity contribution in [2.75, 3.05) is 9.80 Å². The van der Waals surface area contributed by atoms with Gasteiger partial charge in [-0.15, -0.1) is 0 Å². The van der Waals surface area contributed by atoms with Gasteiger partial charge >= 0.3 is 0 Å². The molecule has 0 bridgehead atoms. The van der Waals surface area contributed by atoms with Crippen LogP contribution in [-0.2, 0) is 10.8 Å². The van der Waals surface area contributed by atoms with E-state index in [1.54, 1.807) is 12.1 Å². The molecule has 0 unspecified atom stereocenters. The third-order valence-electron chi connectivity index (χ3n) is 11.6. The Morgan fingerprint density at radius 1 is 0.519 bits per heavy atom. The third kappa shape index (κ3) is 4.73. The second-order valence-corrected chi connectivity index (χ2v) is 17.2. The summed E-state index contributed by atoms with van der Waals surface area (Å²) < 4.78 is 21.9. The van der Waals surface area contributed by atoms with Gasteiger partial charge in [0.05, 0.1) is 5.69 Å². The minimum absolute atomic E-state index is 0.0731. The standard InChI is InChI=1S/C49H42BFN2O/c1-29-24-42-46-43(25-29)53(40-23-21-31(51)26-36(40)49(5,6)7)47-32-15-9-8-14-30(32)20-22-37(47)50(46)38-27-34-33-16-10-13-19-44(33)54-45(34)28-41(38)52(42)39-18-12-11-17-35(39)48(2,3)4/h8-28H,1-7H3. The summed E-state index contributed by atoms with van der Waals surface area (Å²) in [6.45, 7) is 15.5. The van der Waals surface area contributed by atoms with Crippen LogP contribution in [0, 0.1) is 12.7 Å². The van der Waals surface area contributed by atoms with Gasteiger partial charge in [0.1, 0.15) is 17.0 Å². The average molecular weight is 705 g/mol. The molecule has 5 heteroatoms. The van der Waals surface area contributed by atoms with Crippen molar-refractivity contribution in [1.29, 1.82) is 0 Å². The predicted octanol–water partition coefficient (Wildman–Crippen LogP) is 11.9. The van der Waals surface area contributed by atoms with Gasteiger partial charge in [0, 0.05) is 50.7 Å². The van der Waals surface area contributed by atoms with Crippen LogP contribution in [0.3, 0.4) is 0 Å². The fourth-order valence-corrected chi connectivity index (χ4v) is 9.23. The molecule has 0 amide bonds. The molecular weight excluding hydrogens is 662 g/mol. The summed E-state index contributed by atoms with van der Waals surface area (Å²) in [6, 6.07) is 45.2. The van der Waals surface area contributed by atoms with Gasteiger partial charge in [-0.3, -0.25) is 0 Å². The van der Waals surface area contributed by atoms with Crippen LogP contribution in [0.15, 0.2) is 132 Å². The molecule has 0 radical (unpaired) electrons. The van der Waals surface area contributed by atoms with E-state index in [-0.39, 0.29) is 23.4 Å². The summed E-state index contributed by atoms with van der Waals surface area (Å²) in [5.74, 6) is -0.224. The first kappa shape index (κ1) is 32.8. The summed E-state index contributed by atoms with van der Waals surface area (Å²) >= 11 is 0. The fraction of sp³-hybridized carbons (Fsp3) is 0.184. The molecule has 0 saturated heterocycles. The number of aryl methyl sites for hydroxylation is 1. The maximum atomic E-state index is 15.3. The van der Waals surface area contributed by atoms with Crippen molar-refractivity contribution >= 4 is 89.9 Å². The van der Waals surface area contributed by atoms with E-state index >= 15 is 4.39 Å². The minimum Gasteiger partial charge on any atom is -0.456 e. The Labute approximate surface area is 316 Å². The molecule has 10 rings (SSSR count). The van der Waals surface area contributed by atoms with Crippen LogP contribution >= 0.6 is 0 Å². The molecule has 8 aromatic rings. The molecule has 0 atom stereocenters. The van der Waals surface area contributed by atoms with Crippen molar-refractivity contribution in [2.24, 2.45) is 0 Å². The maximum Gasteiger partial charge on any atom is 0.252 e. The summed E-state index contributed by atoms with van der Waals surface area (Å²) in [5.41, 5.74) is 15.1. The number of anilines is 6. The average Bonchev–Trinajstić information content (AvgIpc) is 3.50. The summed E-state index contributed by atoms with van der Waals surface area (Å²) in [4.78, 5) is 4.94. The summed E-state index contributed by atoms with van der Waals surface area (Å²) in [7, 11) is 0. The molecule has 0 fully saturated rings. The Balaban J connectivity index is 1.39. The van der Waals surface area contributed by atoms with Crippen LogP contribution in [0.5, 0.6) is 0 Å². The highest BCUT2D eigenvalue weighted by molar-refractivity contribution is 7.00. The van der Waals surface area contributed by atoms with E-state index in [0.29, 0.717) is 0 Å². The summed E-state index contributed by atoms with van der Waals surface area (Å²) in [6.07, 6.45) is 0. The molecule has 0 N–H and O–H groups in total. The Hall–Kier alpha value is -5.81. The second kappa shape index (κ2) is 11.4. The number of benzene rings is 7. The van der Waals surface area contributed by atoms with Gasteiger partial charge in [0.25, 0.3) is 6.71 Å².